The lowest BCUT2D eigenvalue weighted by molar-refractivity contribution is 0.478. The number of ether oxygens (including phenoxy) is 1. The molecule has 0 radical (unpaired) electrons. The highest BCUT2D eigenvalue weighted by Gasteiger charge is 2.33. The summed E-state index contributed by atoms with van der Waals surface area (Å²) < 4.78 is 6.09. The Morgan fingerprint density at radius 3 is 2.61 bits per heavy atom. The second kappa shape index (κ2) is 5.39. The average Bonchev–Trinajstić information content (AvgIpc) is 2.55. The van der Waals surface area contributed by atoms with Gasteiger partial charge in [0.15, 0.2) is 5.84 Å². The summed E-state index contributed by atoms with van der Waals surface area (Å²) in [5.74, 6) is 2.18. The van der Waals surface area contributed by atoms with Crippen LogP contribution in [-0.2, 0) is 6.42 Å². The van der Waals surface area contributed by atoms with E-state index >= 15 is 0 Å². The number of hydrogen-bond acceptors (Lipinski definition) is 3. The monoisotopic (exact) mass is 320 g/mol. The third-order valence-electron chi connectivity index (χ3n) is 4.26. The van der Waals surface area contributed by atoms with E-state index in [0.717, 1.165) is 23.3 Å². The van der Waals surface area contributed by atoms with Crippen LogP contribution in [-0.4, -0.2) is 16.7 Å². The first-order valence-corrected chi connectivity index (χ1v) is 8.07. The predicted octanol–water partition coefficient (Wildman–Crippen LogP) is 4.04. The molecule has 4 heteroatoms. The molecule has 0 spiro atoms. The van der Waals surface area contributed by atoms with Gasteiger partial charge < -0.3 is 4.74 Å². The molecular weight excluding hydrogens is 304 g/mol. The molecule has 0 saturated heterocycles. The van der Waals surface area contributed by atoms with Gasteiger partial charge in [0.25, 0.3) is 0 Å². The van der Waals surface area contributed by atoms with Crippen LogP contribution in [0.25, 0.3) is 0 Å². The third kappa shape index (κ3) is 2.49. The maximum Gasteiger partial charge on any atom is 0.207 e. The van der Waals surface area contributed by atoms with Crippen LogP contribution in [0.2, 0.25) is 0 Å². The zero-order valence-electron chi connectivity index (χ0n) is 13.0. The molecule has 3 nitrogen and oxygen atoms in total. The number of thiocarbonyl (C=S) groups is 1. The van der Waals surface area contributed by atoms with Crippen LogP contribution >= 0.6 is 12.2 Å². The summed E-state index contributed by atoms with van der Waals surface area (Å²) in [6.07, 6.45) is 0.805. The van der Waals surface area contributed by atoms with Crippen molar-refractivity contribution in [3.05, 3.63) is 64.7 Å². The molecule has 2 aliphatic heterocycles. The van der Waals surface area contributed by atoms with Crippen molar-refractivity contribution >= 4 is 28.9 Å². The molecule has 4 rings (SSSR count). The first-order valence-electron chi connectivity index (χ1n) is 7.66. The van der Waals surface area contributed by atoms with Gasteiger partial charge in [-0.1, -0.05) is 60.2 Å². The second-order valence-corrected chi connectivity index (χ2v) is 6.43. The highest BCUT2D eigenvalue weighted by Crippen LogP contribution is 2.34. The summed E-state index contributed by atoms with van der Waals surface area (Å²) >= 11 is 5.52. The largest absolute Gasteiger partial charge is 0.442 e. The standard InChI is InChI=1S/C19H16N2OS/c1-11-6-8-13(9-7-11)17-20-18-15(19(23)21-17)10-14-5-3-4-12(2)16(14)22-18/h3-9,15H,10H2,1-2H3. The van der Waals surface area contributed by atoms with Gasteiger partial charge in [0.2, 0.25) is 5.90 Å². The van der Waals surface area contributed by atoms with E-state index in [1.165, 1.54) is 11.1 Å². The molecule has 23 heavy (non-hydrogen) atoms. The summed E-state index contributed by atoms with van der Waals surface area (Å²) in [4.78, 5) is 9.84. The molecule has 0 bridgehead atoms. The van der Waals surface area contributed by atoms with E-state index in [4.69, 9.17) is 17.0 Å². The summed E-state index contributed by atoms with van der Waals surface area (Å²) in [7, 11) is 0. The van der Waals surface area contributed by atoms with Gasteiger partial charge in [-0.2, -0.15) is 4.99 Å². The highest BCUT2D eigenvalue weighted by atomic mass is 32.1. The molecule has 0 saturated carbocycles. The topological polar surface area (TPSA) is 34.0 Å². The number of hydrogen-bond donors (Lipinski definition) is 0. The Hall–Kier alpha value is -2.33. The van der Waals surface area contributed by atoms with E-state index in [1.807, 2.05) is 30.3 Å². The van der Waals surface area contributed by atoms with Crippen LogP contribution in [0.15, 0.2) is 52.4 Å². The molecule has 1 atom stereocenters. The second-order valence-electron chi connectivity index (χ2n) is 6.01. The maximum atomic E-state index is 6.09. The molecular formula is C19H16N2OS. The van der Waals surface area contributed by atoms with Crippen LogP contribution in [0.4, 0.5) is 0 Å². The van der Waals surface area contributed by atoms with Gasteiger partial charge in [-0.05, 0) is 31.4 Å². The first kappa shape index (κ1) is 14.3. The van der Waals surface area contributed by atoms with Crippen molar-refractivity contribution in [3.63, 3.8) is 0 Å². The Balaban J connectivity index is 1.75. The normalized spacial score (nSPS) is 19.2. The number of rotatable bonds is 1. The zero-order chi connectivity index (χ0) is 16.0. The Morgan fingerprint density at radius 2 is 1.83 bits per heavy atom. The highest BCUT2D eigenvalue weighted by molar-refractivity contribution is 7.80. The van der Waals surface area contributed by atoms with Crippen LogP contribution in [0, 0.1) is 19.8 Å². The van der Waals surface area contributed by atoms with Crippen LogP contribution in [0.3, 0.4) is 0 Å². The van der Waals surface area contributed by atoms with Crippen molar-refractivity contribution < 1.29 is 4.74 Å². The number of aryl methyl sites for hydroxylation is 2. The molecule has 0 aliphatic carbocycles. The number of benzene rings is 2. The smallest absolute Gasteiger partial charge is 0.207 e. The van der Waals surface area contributed by atoms with Crippen LogP contribution < -0.4 is 4.74 Å². The van der Waals surface area contributed by atoms with Crippen molar-refractivity contribution in [2.45, 2.75) is 20.3 Å². The summed E-state index contributed by atoms with van der Waals surface area (Å²) in [6, 6.07) is 14.3. The molecule has 114 valence electrons. The summed E-state index contributed by atoms with van der Waals surface area (Å²) in [5, 5.41) is 0. The number of para-hydroxylation sites is 1. The van der Waals surface area contributed by atoms with E-state index in [2.05, 4.69) is 36.0 Å². The SMILES string of the molecule is Cc1ccc(C2=NC(=S)C3Cc4cccc(C)c4OC3=N2)cc1. The molecule has 2 aromatic carbocycles. The molecule has 1 unspecified atom stereocenters. The Bertz CT molecular complexity index is 865. The van der Waals surface area contributed by atoms with E-state index < -0.39 is 0 Å². The molecule has 0 amide bonds. The van der Waals surface area contributed by atoms with Gasteiger partial charge in [0.05, 0.1) is 5.92 Å². The van der Waals surface area contributed by atoms with Crippen LogP contribution in [0.1, 0.15) is 22.3 Å². The Labute approximate surface area is 140 Å². The molecule has 0 N–H and O–H groups in total. The minimum atomic E-state index is -0.0338. The van der Waals surface area contributed by atoms with Crippen molar-refractivity contribution in [2.75, 3.05) is 0 Å². The summed E-state index contributed by atoms with van der Waals surface area (Å²) in [5.41, 5.74) is 4.46. The van der Waals surface area contributed by atoms with Gasteiger partial charge in [-0.15, -0.1) is 0 Å². The number of fused-ring (bicyclic) bond motifs is 2. The van der Waals surface area contributed by atoms with Gasteiger partial charge in [0.1, 0.15) is 10.7 Å². The maximum absolute atomic E-state index is 6.09. The minimum Gasteiger partial charge on any atom is -0.442 e. The number of aliphatic imine (C=N–C) groups is 2. The first-order chi connectivity index (χ1) is 11.1. The minimum absolute atomic E-state index is 0.0338. The average molecular weight is 320 g/mol. The number of nitrogens with zero attached hydrogens (tertiary/aromatic N) is 2. The lowest BCUT2D eigenvalue weighted by Gasteiger charge is -2.29. The Morgan fingerprint density at radius 1 is 1.04 bits per heavy atom. The zero-order valence-corrected chi connectivity index (χ0v) is 13.9. The van der Waals surface area contributed by atoms with E-state index in [-0.39, 0.29) is 5.92 Å². The lowest BCUT2D eigenvalue weighted by Crippen LogP contribution is -2.36. The van der Waals surface area contributed by atoms with Gasteiger partial charge in [0, 0.05) is 5.56 Å². The van der Waals surface area contributed by atoms with Crippen molar-refractivity contribution in [2.24, 2.45) is 15.9 Å². The molecule has 2 heterocycles. The fraction of sp³-hybridized carbons (Fsp3) is 0.211. The van der Waals surface area contributed by atoms with Crippen molar-refractivity contribution in [3.8, 4) is 5.75 Å². The van der Waals surface area contributed by atoms with Gasteiger partial charge in [-0.3, -0.25) is 0 Å². The van der Waals surface area contributed by atoms with E-state index in [9.17, 15) is 0 Å². The molecule has 2 aromatic rings. The fourth-order valence-electron chi connectivity index (χ4n) is 2.94. The van der Waals surface area contributed by atoms with Gasteiger partial charge in [-0.25, -0.2) is 4.99 Å². The molecule has 2 aliphatic rings. The molecule has 0 fully saturated rings. The van der Waals surface area contributed by atoms with E-state index in [1.54, 1.807) is 0 Å². The third-order valence-corrected chi connectivity index (χ3v) is 4.64. The summed E-state index contributed by atoms with van der Waals surface area (Å²) in [6.45, 7) is 4.11. The van der Waals surface area contributed by atoms with E-state index in [0.29, 0.717) is 16.7 Å². The Kier molecular flexibility index (Phi) is 3.34. The van der Waals surface area contributed by atoms with Gasteiger partial charge >= 0.3 is 0 Å². The molecule has 0 aromatic heterocycles. The predicted molar refractivity (Wildman–Crippen MR) is 96.8 cm³/mol. The van der Waals surface area contributed by atoms with Crippen LogP contribution in [0.5, 0.6) is 5.75 Å². The van der Waals surface area contributed by atoms with Crippen molar-refractivity contribution in [1.29, 1.82) is 0 Å². The lowest BCUT2D eigenvalue weighted by atomic mass is 9.93. The van der Waals surface area contributed by atoms with Crippen molar-refractivity contribution in [1.82, 2.24) is 0 Å². The number of amidine groups is 1. The fourth-order valence-corrected chi connectivity index (χ4v) is 3.21. The quantitative estimate of drug-likeness (QED) is 0.743.